The molecule has 2 N–H and O–H groups in total. The number of hydrogen-bond donors (Lipinski definition) is 1. The van der Waals surface area contributed by atoms with Crippen molar-refractivity contribution in [3.63, 3.8) is 0 Å². The number of benzene rings is 3. The van der Waals surface area contributed by atoms with Crippen molar-refractivity contribution in [3.8, 4) is 34.4 Å². The van der Waals surface area contributed by atoms with Crippen molar-refractivity contribution in [1.29, 1.82) is 0 Å². The standard InChI is InChI=1S/C26H26BrN3O5/c1-31-10-12-33-23-15-19-21(16-24(23)34-13-11-32-2)29-26(30-25(19)28)17-8-9-22(20(27)14-17)35-18-6-4-3-5-7-18/h3-9,14-16H,10-13H2,1-2H3,(H2,28,29,30). The Bertz CT molecular complexity index is 1290. The highest BCUT2D eigenvalue weighted by molar-refractivity contribution is 9.10. The van der Waals surface area contributed by atoms with Gasteiger partial charge in [0.05, 0.1) is 23.2 Å². The maximum absolute atomic E-state index is 6.33. The number of fused-ring (bicyclic) bond motifs is 1. The van der Waals surface area contributed by atoms with Gasteiger partial charge in [0.25, 0.3) is 0 Å². The molecule has 8 nitrogen and oxygen atoms in total. The number of halogens is 1. The third kappa shape index (κ3) is 6.19. The third-order valence-corrected chi connectivity index (χ3v) is 5.66. The molecule has 0 aliphatic carbocycles. The van der Waals surface area contributed by atoms with Crippen LogP contribution in [0.15, 0.2) is 65.1 Å². The lowest BCUT2D eigenvalue weighted by Gasteiger charge is -2.15. The number of hydrogen-bond acceptors (Lipinski definition) is 8. The molecule has 0 unspecified atom stereocenters. The summed E-state index contributed by atoms with van der Waals surface area (Å²) in [6.45, 7) is 1.62. The summed E-state index contributed by atoms with van der Waals surface area (Å²) in [5, 5.41) is 0.670. The summed E-state index contributed by atoms with van der Waals surface area (Å²) >= 11 is 3.59. The Kier molecular flexibility index (Phi) is 8.36. The van der Waals surface area contributed by atoms with E-state index in [2.05, 4.69) is 20.9 Å². The van der Waals surface area contributed by atoms with Crippen molar-refractivity contribution < 1.29 is 23.7 Å². The van der Waals surface area contributed by atoms with E-state index in [1.54, 1.807) is 26.4 Å². The van der Waals surface area contributed by atoms with Crippen LogP contribution >= 0.6 is 15.9 Å². The van der Waals surface area contributed by atoms with Gasteiger partial charge in [-0.3, -0.25) is 0 Å². The first-order chi connectivity index (χ1) is 17.1. The van der Waals surface area contributed by atoms with Crippen LogP contribution in [0, 0.1) is 0 Å². The molecule has 0 fully saturated rings. The Balaban J connectivity index is 1.66. The van der Waals surface area contributed by atoms with Crippen LogP contribution in [0.25, 0.3) is 22.3 Å². The van der Waals surface area contributed by atoms with E-state index in [0.29, 0.717) is 66.2 Å². The summed E-state index contributed by atoms with van der Waals surface area (Å²) in [5.41, 5.74) is 7.76. The van der Waals surface area contributed by atoms with Crippen LogP contribution in [0.1, 0.15) is 0 Å². The zero-order valence-corrected chi connectivity index (χ0v) is 21.1. The number of methoxy groups -OCH3 is 2. The first kappa shape index (κ1) is 24.7. The average Bonchev–Trinajstić information content (AvgIpc) is 2.86. The van der Waals surface area contributed by atoms with Crippen molar-refractivity contribution in [2.45, 2.75) is 0 Å². The summed E-state index contributed by atoms with van der Waals surface area (Å²) in [5.74, 6) is 3.34. The molecule has 4 aromatic rings. The molecule has 0 aliphatic heterocycles. The van der Waals surface area contributed by atoms with Crippen LogP contribution < -0.4 is 19.9 Å². The summed E-state index contributed by atoms with van der Waals surface area (Å²) in [6, 6.07) is 18.8. The summed E-state index contributed by atoms with van der Waals surface area (Å²) in [4.78, 5) is 9.28. The van der Waals surface area contributed by atoms with Gasteiger partial charge in [0, 0.05) is 31.2 Å². The first-order valence-electron chi connectivity index (χ1n) is 11.0. The van der Waals surface area contributed by atoms with E-state index in [1.165, 1.54) is 0 Å². The van der Waals surface area contributed by atoms with Crippen LogP contribution in [0.2, 0.25) is 0 Å². The predicted octanol–water partition coefficient (Wildman–Crippen LogP) is 5.48. The molecule has 0 radical (unpaired) electrons. The lowest BCUT2D eigenvalue weighted by atomic mass is 10.1. The Morgan fingerprint density at radius 1 is 0.771 bits per heavy atom. The zero-order valence-electron chi connectivity index (χ0n) is 19.5. The molecule has 0 spiro atoms. The fraction of sp³-hybridized carbons (Fsp3) is 0.231. The average molecular weight is 540 g/mol. The Hall–Kier alpha value is -3.40. The molecule has 0 atom stereocenters. The van der Waals surface area contributed by atoms with Crippen molar-refractivity contribution in [3.05, 3.63) is 65.1 Å². The molecule has 1 aromatic heterocycles. The quantitative estimate of drug-likeness (QED) is 0.250. The maximum Gasteiger partial charge on any atom is 0.163 e. The molecule has 0 saturated heterocycles. The van der Waals surface area contributed by atoms with Gasteiger partial charge < -0.3 is 29.4 Å². The molecule has 0 bridgehead atoms. The van der Waals surface area contributed by atoms with Crippen molar-refractivity contribution in [2.24, 2.45) is 0 Å². The molecule has 3 aromatic carbocycles. The number of nitrogen functional groups attached to an aromatic ring is 1. The topological polar surface area (TPSA) is 98.0 Å². The number of nitrogens with two attached hydrogens (primary N) is 1. The van der Waals surface area contributed by atoms with E-state index >= 15 is 0 Å². The lowest BCUT2D eigenvalue weighted by Crippen LogP contribution is -2.09. The molecular formula is C26H26BrN3O5. The van der Waals surface area contributed by atoms with Gasteiger partial charge in [-0.2, -0.15) is 0 Å². The number of para-hydroxylation sites is 1. The minimum absolute atomic E-state index is 0.339. The van der Waals surface area contributed by atoms with E-state index in [9.17, 15) is 0 Å². The van der Waals surface area contributed by atoms with Gasteiger partial charge in [0.1, 0.15) is 30.5 Å². The van der Waals surface area contributed by atoms with Crippen LogP contribution in [-0.2, 0) is 9.47 Å². The van der Waals surface area contributed by atoms with Crippen LogP contribution in [0.4, 0.5) is 5.82 Å². The van der Waals surface area contributed by atoms with E-state index in [4.69, 9.17) is 34.4 Å². The van der Waals surface area contributed by atoms with Crippen molar-refractivity contribution >= 4 is 32.7 Å². The highest BCUT2D eigenvalue weighted by Gasteiger charge is 2.15. The Labute approximate surface area is 212 Å². The molecule has 0 amide bonds. The normalized spacial score (nSPS) is 10.9. The molecule has 4 rings (SSSR count). The first-order valence-corrected chi connectivity index (χ1v) is 11.8. The van der Waals surface area contributed by atoms with Gasteiger partial charge in [0.2, 0.25) is 0 Å². The second-order valence-electron chi connectivity index (χ2n) is 7.49. The van der Waals surface area contributed by atoms with E-state index in [0.717, 1.165) is 15.8 Å². The van der Waals surface area contributed by atoms with Crippen LogP contribution in [0.5, 0.6) is 23.0 Å². The highest BCUT2D eigenvalue weighted by atomic mass is 79.9. The molecule has 1 heterocycles. The molecule has 35 heavy (non-hydrogen) atoms. The third-order valence-electron chi connectivity index (χ3n) is 5.04. The number of ether oxygens (including phenoxy) is 5. The molecule has 0 saturated carbocycles. The molecule has 9 heteroatoms. The van der Waals surface area contributed by atoms with Gasteiger partial charge >= 0.3 is 0 Å². The lowest BCUT2D eigenvalue weighted by molar-refractivity contribution is 0.132. The Morgan fingerprint density at radius 2 is 1.46 bits per heavy atom. The van der Waals surface area contributed by atoms with E-state index < -0.39 is 0 Å². The minimum atomic E-state index is 0.339. The number of anilines is 1. The second kappa shape index (κ2) is 11.8. The van der Waals surface area contributed by atoms with Crippen LogP contribution in [-0.4, -0.2) is 50.6 Å². The second-order valence-corrected chi connectivity index (χ2v) is 8.35. The Morgan fingerprint density at radius 3 is 2.11 bits per heavy atom. The predicted molar refractivity (Wildman–Crippen MR) is 138 cm³/mol. The van der Waals surface area contributed by atoms with Gasteiger partial charge in [-0.05, 0) is 52.3 Å². The fourth-order valence-corrected chi connectivity index (χ4v) is 3.78. The zero-order chi connectivity index (χ0) is 24.6. The van der Waals surface area contributed by atoms with E-state index in [1.807, 2.05) is 48.5 Å². The monoisotopic (exact) mass is 539 g/mol. The van der Waals surface area contributed by atoms with E-state index in [-0.39, 0.29) is 0 Å². The minimum Gasteiger partial charge on any atom is -0.487 e. The maximum atomic E-state index is 6.33. The molecule has 182 valence electrons. The van der Waals surface area contributed by atoms with Crippen molar-refractivity contribution in [1.82, 2.24) is 9.97 Å². The highest BCUT2D eigenvalue weighted by Crippen LogP contribution is 2.37. The number of aromatic nitrogens is 2. The smallest absolute Gasteiger partial charge is 0.163 e. The molecular weight excluding hydrogens is 514 g/mol. The summed E-state index contributed by atoms with van der Waals surface area (Å²) in [6.07, 6.45) is 0. The SMILES string of the molecule is COCCOc1cc2nc(-c3ccc(Oc4ccccc4)c(Br)c3)nc(N)c2cc1OCCOC. The van der Waals surface area contributed by atoms with Gasteiger partial charge in [-0.15, -0.1) is 0 Å². The van der Waals surface area contributed by atoms with Crippen LogP contribution in [0.3, 0.4) is 0 Å². The summed E-state index contributed by atoms with van der Waals surface area (Å²) in [7, 11) is 3.24. The molecule has 0 aliphatic rings. The van der Waals surface area contributed by atoms with Gasteiger partial charge in [-0.1, -0.05) is 18.2 Å². The number of nitrogens with zero attached hydrogens (tertiary/aromatic N) is 2. The number of rotatable bonds is 11. The van der Waals surface area contributed by atoms with Crippen molar-refractivity contribution in [2.75, 3.05) is 46.4 Å². The largest absolute Gasteiger partial charge is 0.487 e. The summed E-state index contributed by atoms with van der Waals surface area (Å²) < 4.78 is 28.6. The van der Waals surface area contributed by atoms with Gasteiger partial charge in [-0.25, -0.2) is 9.97 Å². The van der Waals surface area contributed by atoms with Gasteiger partial charge in [0.15, 0.2) is 17.3 Å². The fourth-order valence-electron chi connectivity index (χ4n) is 3.32.